The van der Waals surface area contributed by atoms with Gasteiger partial charge in [0.2, 0.25) is 12.6 Å². The van der Waals surface area contributed by atoms with Crippen molar-refractivity contribution in [3.8, 4) is 0 Å². The first-order chi connectivity index (χ1) is 17.1. The van der Waals surface area contributed by atoms with Crippen LogP contribution >= 0.6 is 0 Å². The number of unbranched alkanes of at least 4 members (excludes halogenated alkanes) is 6. The van der Waals surface area contributed by atoms with E-state index >= 15 is 0 Å². The van der Waals surface area contributed by atoms with Gasteiger partial charge in [-0.2, -0.15) is 0 Å². The van der Waals surface area contributed by atoms with Gasteiger partial charge in [-0.3, -0.25) is 0 Å². The second-order valence-corrected chi connectivity index (χ2v) is 8.55. The van der Waals surface area contributed by atoms with Gasteiger partial charge in [-0.05, 0) is 25.7 Å². The Balaban J connectivity index is 6.16. The zero-order valence-corrected chi connectivity index (χ0v) is 23.9. The van der Waals surface area contributed by atoms with Crippen LogP contribution < -0.4 is 0 Å². The Labute approximate surface area is 215 Å². The van der Waals surface area contributed by atoms with Crippen LogP contribution in [0.2, 0.25) is 0 Å². The fraction of sp³-hybridized carbons (Fsp3) is 0.857. The van der Waals surface area contributed by atoms with E-state index in [9.17, 15) is 0 Å². The Morgan fingerprint density at radius 1 is 0.486 bits per heavy atom. The normalized spacial score (nSPS) is 14.6. The molecule has 0 aromatic heterocycles. The Kier molecular flexibility index (Phi) is 22.0. The quantitative estimate of drug-likeness (QED) is 0.0771. The molecule has 0 saturated heterocycles. The molecule has 0 aliphatic carbocycles. The molecule has 0 aromatic carbocycles. The van der Waals surface area contributed by atoms with Crippen LogP contribution in [0.4, 0.5) is 0 Å². The summed E-state index contributed by atoms with van der Waals surface area (Å²) in [6.45, 7) is 9.67. The van der Waals surface area contributed by atoms with E-state index in [1.54, 1.807) is 28.4 Å². The lowest BCUT2D eigenvalue weighted by Gasteiger charge is -2.29. The van der Waals surface area contributed by atoms with E-state index in [0.29, 0.717) is 24.7 Å². The lowest BCUT2D eigenvalue weighted by atomic mass is 10.1. The molecule has 0 spiro atoms. The Hall–Kier alpha value is -1.44. The number of ether oxygens (including phenoxy) is 7. The van der Waals surface area contributed by atoms with Crippen LogP contribution in [-0.4, -0.2) is 54.2 Å². The van der Waals surface area contributed by atoms with Gasteiger partial charge < -0.3 is 33.2 Å². The highest BCUT2D eigenvalue weighted by Crippen LogP contribution is 2.27. The topological polar surface area (TPSA) is 64.6 Å². The first-order valence-electron chi connectivity index (χ1n) is 13.6. The second-order valence-electron chi connectivity index (χ2n) is 8.55. The molecule has 7 heteroatoms. The first-order valence-corrected chi connectivity index (χ1v) is 13.6. The number of allylic oxidation sites excluding steroid dienone is 2. The highest BCUT2D eigenvalue weighted by atomic mass is 16.8. The van der Waals surface area contributed by atoms with Crippen molar-refractivity contribution in [2.45, 2.75) is 117 Å². The maximum absolute atomic E-state index is 6.46. The van der Waals surface area contributed by atoms with E-state index in [0.717, 1.165) is 88.6 Å². The van der Waals surface area contributed by atoms with Gasteiger partial charge >= 0.3 is 0 Å². The minimum Gasteiger partial charge on any atom is -0.497 e. The number of hydrogen-bond acceptors (Lipinski definition) is 7. The van der Waals surface area contributed by atoms with Crippen molar-refractivity contribution in [1.29, 1.82) is 0 Å². The van der Waals surface area contributed by atoms with Gasteiger partial charge in [0.15, 0.2) is 11.5 Å². The van der Waals surface area contributed by atoms with Crippen molar-refractivity contribution in [2.24, 2.45) is 0 Å². The van der Waals surface area contributed by atoms with Crippen LogP contribution in [0.25, 0.3) is 0 Å². The molecule has 208 valence electrons. The first kappa shape index (κ1) is 33.6. The minimum absolute atomic E-state index is 0.529. The smallest absolute Gasteiger partial charge is 0.223 e. The van der Waals surface area contributed by atoms with Gasteiger partial charge in [-0.15, -0.1) is 0 Å². The van der Waals surface area contributed by atoms with E-state index in [-0.39, 0.29) is 0 Å². The summed E-state index contributed by atoms with van der Waals surface area (Å²) in [5.41, 5.74) is 0. The molecule has 0 bridgehead atoms. The summed E-state index contributed by atoms with van der Waals surface area (Å²) in [6.07, 6.45) is 10.2. The molecule has 0 radical (unpaired) electrons. The number of methoxy groups -OCH3 is 4. The summed E-state index contributed by atoms with van der Waals surface area (Å²) in [5, 5.41) is 0. The maximum Gasteiger partial charge on any atom is 0.223 e. The van der Waals surface area contributed by atoms with Crippen molar-refractivity contribution in [2.75, 3.05) is 41.7 Å². The largest absolute Gasteiger partial charge is 0.497 e. The predicted molar refractivity (Wildman–Crippen MR) is 141 cm³/mol. The highest BCUT2D eigenvalue weighted by Gasteiger charge is 2.31. The summed E-state index contributed by atoms with van der Waals surface area (Å²) in [6, 6.07) is 0. The third-order valence-electron chi connectivity index (χ3n) is 5.71. The number of rotatable bonds is 24. The molecule has 0 rings (SSSR count). The van der Waals surface area contributed by atoms with Crippen molar-refractivity contribution in [3.05, 3.63) is 23.0 Å². The summed E-state index contributed by atoms with van der Waals surface area (Å²) >= 11 is 0. The summed E-state index contributed by atoms with van der Waals surface area (Å²) in [4.78, 5) is 0. The van der Waals surface area contributed by atoms with Crippen LogP contribution in [0.3, 0.4) is 0 Å². The molecule has 0 N–H and O–H groups in total. The fourth-order valence-electron chi connectivity index (χ4n) is 3.54. The predicted octanol–water partition coefficient (Wildman–Crippen LogP) is 7.46. The summed E-state index contributed by atoms with van der Waals surface area (Å²) < 4.78 is 41.9. The molecule has 2 unspecified atom stereocenters. The molecule has 0 aliphatic heterocycles. The molecular formula is C28H54O7. The third kappa shape index (κ3) is 14.0. The van der Waals surface area contributed by atoms with Gasteiger partial charge in [-0.1, -0.05) is 66.2 Å². The number of hydrogen-bond donors (Lipinski definition) is 0. The van der Waals surface area contributed by atoms with E-state index in [2.05, 4.69) is 27.7 Å². The zero-order valence-electron chi connectivity index (χ0n) is 23.9. The molecule has 7 nitrogen and oxygen atoms in total. The molecule has 0 amide bonds. The lowest BCUT2D eigenvalue weighted by molar-refractivity contribution is -0.240. The average molecular weight is 503 g/mol. The fourth-order valence-corrected chi connectivity index (χ4v) is 3.54. The molecule has 0 saturated carbocycles. The molecule has 2 atom stereocenters. The molecule has 0 aliphatic rings. The third-order valence-corrected chi connectivity index (χ3v) is 5.71. The van der Waals surface area contributed by atoms with Gasteiger partial charge in [0.1, 0.15) is 11.5 Å². The van der Waals surface area contributed by atoms with Gasteiger partial charge in [0.25, 0.3) is 0 Å². The van der Waals surface area contributed by atoms with Crippen LogP contribution in [0.1, 0.15) is 105 Å². The molecular weight excluding hydrogens is 448 g/mol. The van der Waals surface area contributed by atoms with Crippen molar-refractivity contribution in [1.82, 2.24) is 0 Å². The van der Waals surface area contributed by atoms with E-state index in [1.807, 2.05) is 0 Å². The molecule has 0 aromatic rings. The molecule has 35 heavy (non-hydrogen) atoms. The van der Waals surface area contributed by atoms with Crippen LogP contribution in [0.15, 0.2) is 23.0 Å². The van der Waals surface area contributed by atoms with E-state index in [4.69, 9.17) is 33.2 Å². The van der Waals surface area contributed by atoms with E-state index in [1.165, 1.54) is 0 Å². The standard InChI is InChI=1S/C28H54O7/c1-9-13-17-19-23(29-5)25(31-7)27(33-21-15-11-3)35-28(34-22-16-12-4)26(32-8)24(30-6)20-18-14-10-2/h27-28H,9-22H2,1-8H3. The monoisotopic (exact) mass is 502 g/mol. The van der Waals surface area contributed by atoms with Crippen molar-refractivity contribution >= 4 is 0 Å². The van der Waals surface area contributed by atoms with Gasteiger partial charge in [-0.25, -0.2) is 0 Å². The molecule has 0 heterocycles. The Bertz CT molecular complexity index is 512. The van der Waals surface area contributed by atoms with Crippen molar-refractivity contribution in [3.63, 3.8) is 0 Å². The Morgan fingerprint density at radius 3 is 1.14 bits per heavy atom. The van der Waals surface area contributed by atoms with Crippen LogP contribution in [0.5, 0.6) is 0 Å². The summed E-state index contributed by atoms with van der Waals surface area (Å²) in [5.74, 6) is 2.52. The zero-order chi connectivity index (χ0) is 26.3. The van der Waals surface area contributed by atoms with Crippen LogP contribution in [0, 0.1) is 0 Å². The van der Waals surface area contributed by atoms with E-state index < -0.39 is 12.6 Å². The Morgan fingerprint density at radius 2 is 0.857 bits per heavy atom. The molecule has 0 fully saturated rings. The second kappa shape index (κ2) is 23.0. The minimum atomic E-state index is -0.798. The summed E-state index contributed by atoms with van der Waals surface area (Å²) in [7, 11) is 6.57. The lowest BCUT2D eigenvalue weighted by Crippen LogP contribution is -2.33. The van der Waals surface area contributed by atoms with Crippen LogP contribution in [-0.2, 0) is 33.2 Å². The average Bonchev–Trinajstić information content (AvgIpc) is 2.87. The van der Waals surface area contributed by atoms with Gasteiger partial charge in [0, 0.05) is 12.8 Å². The SMILES string of the molecule is CCCCCC(OC)=C(OC)C(OCCCC)OC(OCCCC)C(OC)=C(CCCCC)OC. The van der Waals surface area contributed by atoms with Gasteiger partial charge in [0.05, 0.1) is 41.7 Å². The maximum atomic E-state index is 6.46. The van der Waals surface area contributed by atoms with Crippen molar-refractivity contribution < 1.29 is 33.2 Å². The highest BCUT2D eigenvalue weighted by molar-refractivity contribution is 5.08.